The zero-order chi connectivity index (χ0) is 21.0. The lowest BCUT2D eigenvalue weighted by Gasteiger charge is -2.17. The molecule has 0 amide bonds. The van der Waals surface area contributed by atoms with E-state index in [9.17, 15) is 9.59 Å². The number of hydrogen-bond acceptors (Lipinski definition) is 5. The molecule has 1 aromatic heterocycles. The summed E-state index contributed by atoms with van der Waals surface area (Å²) in [5.41, 5.74) is 2.56. The number of aryl methyl sites for hydroxylation is 2. The van der Waals surface area contributed by atoms with Crippen LogP contribution < -0.4 is 5.56 Å². The maximum absolute atomic E-state index is 13.0. The fraction of sp³-hybridized carbons (Fsp3) is 0.348. The van der Waals surface area contributed by atoms with Crippen LogP contribution >= 0.6 is 12.4 Å². The van der Waals surface area contributed by atoms with Crippen LogP contribution in [0.15, 0.2) is 47.3 Å². The zero-order valence-electron chi connectivity index (χ0n) is 17.8. The number of esters is 1. The number of halogens is 1. The van der Waals surface area contributed by atoms with Crippen LogP contribution in [0.1, 0.15) is 35.6 Å². The number of ether oxygens (including phenoxy) is 1. The van der Waals surface area contributed by atoms with Gasteiger partial charge >= 0.3 is 5.97 Å². The minimum absolute atomic E-state index is 0. The van der Waals surface area contributed by atoms with E-state index < -0.39 is 0 Å². The van der Waals surface area contributed by atoms with Crippen LogP contribution in [0.5, 0.6) is 0 Å². The van der Waals surface area contributed by atoms with Gasteiger partial charge in [-0.3, -0.25) is 9.36 Å². The second-order valence-corrected chi connectivity index (χ2v) is 6.98. The third-order valence-corrected chi connectivity index (χ3v) is 5.15. The van der Waals surface area contributed by atoms with Crippen LogP contribution in [-0.2, 0) is 4.74 Å². The Morgan fingerprint density at radius 1 is 1.10 bits per heavy atom. The number of benzene rings is 2. The number of hydrogen-bond donors (Lipinski definition) is 0. The van der Waals surface area contributed by atoms with E-state index in [4.69, 9.17) is 4.74 Å². The number of para-hydroxylation sites is 1. The van der Waals surface area contributed by atoms with E-state index in [1.807, 2.05) is 32.0 Å². The fourth-order valence-electron chi connectivity index (χ4n) is 3.45. The highest BCUT2D eigenvalue weighted by molar-refractivity contribution is 5.90. The summed E-state index contributed by atoms with van der Waals surface area (Å²) in [7, 11) is 0. The summed E-state index contributed by atoms with van der Waals surface area (Å²) in [6.07, 6.45) is 0. The van der Waals surface area contributed by atoms with E-state index >= 15 is 0 Å². The molecule has 3 aromatic rings. The molecular formula is C23H28ClN3O3. The molecule has 0 atom stereocenters. The summed E-state index contributed by atoms with van der Waals surface area (Å²) in [5.74, 6) is 0.249. The average molecular weight is 430 g/mol. The Morgan fingerprint density at radius 2 is 1.80 bits per heavy atom. The standard InChI is InChI=1S/C23H27N3O3.ClH/c1-5-25(6-2)13-14-29-23(28)18-11-12-21(16(3)15-18)26-17(4)24-20-10-8-7-9-19(20)22(26)27;/h7-12,15H,5-6,13-14H2,1-4H3;1H. The Bertz CT molecular complexity index is 1090. The lowest BCUT2D eigenvalue weighted by Crippen LogP contribution is -2.28. The molecule has 0 fully saturated rings. The summed E-state index contributed by atoms with van der Waals surface area (Å²) in [6.45, 7) is 10.8. The van der Waals surface area contributed by atoms with Crippen LogP contribution in [0.25, 0.3) is 16.6 Å². The highest BCUT2D eigenvalue weighted by Gasteiger charge is 2.14. The molecule has 0 N–H and O–H groups in total. The van der Waals surface area contributed by atoms with Crippen LogP contribution in [-0.4, -0.2) is 46.7 Å². The SMILES string of the molecule is CCN(CC)CCOC(=O)c1ccc(-n2c(C)nc3ccccc3c2=O)c(C)c1.Cl. The van der Waals surface area contributed by atoms with E-state index in [2.05, 4.69) is 23.7 Å². The number of nitrogens with zero attached hydrogens (tertiary/aromatic N) is 3. The Hall–Kier alpha value is -2.70. The van der Waals surface area contributed by atoms with Gasteiger partial charge in [0, 0.05) is 6.54 Å². The molecule has 0 spiro atoms. The largest absolute Gasteiger partial charge is 0.461 e. The van der Waals surface area contributed by atoms with Crippen molar-refractivity contribution in [3.63, 3.8) is 0 Å². The number of aromatic nitrogens is 2. The Balaban J connectivity index is 0.00000320. The van der Waals surface area contributed by atoms with Gasteiger partial charge in [-0.15, -0.1) is 12.4 Å². The number of fused-ring (bicyclic) bond motifs is 1. The van der Waals surface area contributed by atoms with Gasteiger partial charge in [0.25, 0.3) is 5.56 Å². The van der Waals surface area contributed by atoms with Crippen molar-refractivity contribution < 1.29 is 9.53 Å². The van der Waals surface area contributed by atoms with Crippen LogP contribution in [0.4, 0.5) is 0 Å². The number of rotatable bonds is 7. The first-order valence-electron chi connectivity index (χ1n) is 9.95. The molecule has 3 rings (SSSR count). The normalized spacial score (nSPS) is 10.8. The van der Waals surface area contributed by atoms with Crippen molar-refractivity contribution in [3.8, 4) is 5.69 Å². The molecule has 0 radical (unpaired) electrons. The van der Waals surface area contributed by atoms with Crippen LogP contribution in [0, 0.1) is 13.8 Å². The highest BCUT2D eigenvalue weighted by atomic mass is 35.5. The summed E-state index contributed by atoms with van der Waals surface area (Å²) in [6, 6.07) is 12.5. The number of carbonyl (C=O) groups is 1. The lowest BCUT2D eigenvalue weighted by molar-refractivity contribution is 0.0466. The topological polar surface area (TPSA) is 64.4 Å². The molecular weight excluding hydrogens is 402 g/mol. The predicted octanol–water partition coefficient (Wildman–Crippen LogP) is 3.92. The maximum atomic E-state index is 13.0. The molecule has 1 heterocycles. The van der Waals surface area contributed by atoms with Gasteiger partial charge in [0.1, 0.15) is 12.4 Å². The average Bonchev–Trinajstić information content (AvgIpc) is 2.72. The van der Waals surface area contributed by atoms with Gasteiger partial charge in [0.15, 0.2) is 0 Å². The Morgan fingerprint density at radius 3 is 2.47 bits per heavy atom. The number of likely N-dealkylation sites (N-methyl/N-ethyl adjacent to an activating group) is 1. The summed E-state index contributed by atoms with van der Waals surface area (Å²) >= 11 is 0. The Labute approximate surface area is 182 Å². The minimum Gasteiger partial charge on any atom is -0.461 e. The number of carbonyl (C=O) groups excluding carboxylic acids is 1. The van der Waals surface area contributed by atoms with E-state index in [0.717, 1.165) is 18.7 Å². The van der Waals surface area contributed by atoms with Crippen molar-refractivity contribution in [2.45, 2.75) is 27.7 Å². The zero-order valence-corrected chi connectivity index (χ0v) is 18.7. The van der Waals surface area contributed by atoms with Crippen molar-refractivity contribution in [1.82, 2.24) is 14.5 Å². The highest BCUT2D eigenvalue weighted by Crippen LogP contribution is 2.18. The lowest BCUT2D eigenvalue weighted by atomic mass is 10.1. The molecule has 160 valence electrons. The van der Waals surface area contributed by atoms with Gasteiger partial charge in [-0.25, -0.2) is 9.78 Å². The Kier molecular flexibility index (Phi) is 8.15. The van der Waals surface area contributed by atoms with Gasteiger partial charge < -0.3 is 9.64 Å². The second kappa shape index (κ2) is 10.4. The monoisotopic (exact) mass is 429 g/mol. The van der Waals surface area contributed by atoms with E-state index in [1.54, 1.807) is 28.8 Å². The summed E-state index contributed by atoms with van der Waals surface area (Å²) in [5, 5.41) is 0.567. The van der Waals surface area contributed by atoms with E-state index in [0.29, 0.717) is 41.1 Å². The van der Waals surface area contributed by atoms with Crippen molar-refractivity contribution in [2.75, 3.05) is 26.2 Å². The predicted molar refractivity (Wildman–Crippen MR) is 122 cm³/mol. The van der Waals surface area contributed by atoms with Gasteiger partial charge in [0.05, 0.1) is 22.2 Å². The molecule has 0 saturated heterocycles. The van der Waals surface area contributed by atoms with Gasteiger partial charge in [-0.05, 0) is 62.8 Å². The molecule has 7 heteroatoms. The molecule has 0 bridgehead atoms. The molecule has 0 saturated carbocycles. The van der Waals surface area contributed by atoms with E-state index in [-0.39, 0.29) is 23.9 Å². The van der Waals surface area contributed by atoms with Crippen molar-refractivity contribution in [1.29, 1.82) is 0 Å². The first-order chi connectivity index (χ1) is 14.0. The van der Waals surface area contributed by atoms with Crippen molar-refractivity contribution in [2.24, 2.45) is 0 Å². The van der Waals surface area contributed by atoms with Crippen molar-refractivity contribution >= 4 is 29.3 Å². The van der Waals surface area contributed by atoms with Gasteiger partial charge in [0.2, 0.25) is 0 Å². The quantitative estimate of drug-likeness (QED) is 0.532. The van der Waals surface area contributed by atoms with Crippen LogP contribution in [0.3, 0.4) is 0 Å². The smallest absolute Gasteiger partial charge is 0.338 e. The fourth-order valence-corrected chi connectivity index (χ4v) is 3.45. The van der Waals surface area contributed by atoms with Crippen LogP contribution in [0.2, 0.25) is 0 Å². The third-order valence-electron chi connectivity index (χ3n) is 5.15. The summed E-state index contributed by atoms with van der Waals surface area (Å²) < 4.78 is 7.00. The maximum Gasteiger partial charge on any atom is 0.338 e. The molecule has 6 nitrogen and oxygen atoms in total. The molecule has 30 heavy (non-hydrogen) atoms. The van der Waals surface area contributed by atoms with Gasteiger partial charge in [-0.2, -0.15) is 0 Å². The minimum atomic E-state index is -0.354. The molecule has 0 aliphatic carbocycles. The molecule has 2 aromatic carbocycles. The van der Waals surface area contributed by atoms with Crippen molar-refractivity contribution in [3.05, 3.63) is 69.8 Å². The molecule has 0 aliphatic rings. The first-order valence-corrected chi connectivity index (χ1v) is 9.95. The van der Waals surface area contributed by atoms with Gasteiger partial charge in [-0.1, -0.05) is 26.0 Å². The third kappa shape index (κ3) is 4.89. The molecule has 0 aliphatic heterocycles. The second-order valence-electron chi connectivity index (χ2n) is 6.98. The molecule has 0 unspecified atom stereocenters. The summed E-state index contributed by atoms with van der Waals surface area (Å²) in [4.78, 5) is 32.1. The van der Waals surface area contributed by atoms with E-state index in [1.165, 1.54) is 0 Å². The first kappa shape index (κ1) is 23.6.